The summed E-state index contributed by atoms with van der Waals surface area (Å²) in [5.74, 6) is 2.06. The third-order valence-electron chi connectivity index (χ3n) is 3.11. The zero-order chi connectivity index (χ0) is 11.1. The van der Waals surface area contributed by atoms with Crippen LogP contribution >= 0.6 is 0 Å². The molecule has 1 nitrogen and oxygen atoms in total. The van der Waals surface area contributed by atoms with Gasteiger partial charge in [-0.3, -0.25) is 0 Å². The van der Waals surface area contributed by atoms with Gasteiger partial charge in [-0.1, -0.05) is 30.3 Å². The summed E-state index contributed by atoms with van der Waals surface area (Å²) in [5.41, 5.74) is 5.03. The Bertz CT molecular complexity index is 555. The van der Waals surface area contributed by atoms with Crippen LogP contribution in [-0.2, 0) is 6.42 Å². The van der Waals surface area contributed by atoms with Crippen LogP contribution in [-0.4, -0.2) is 0 Å². The molecule has 0 radical (unpaired) electrons. The zero-order valence-corrected chi connectivity index (χ0v) is 9.58. The van der Waals surface area contributed by atoms with Crippen LogP contribution in [0.3, 0.4) is 0 Å². The predicted octanol–water partition coefficient (Wildman–Crippen LogP) is 4.00. The molecule has 2 aromatic rings. The molecule has 0 fully saturated rings. The molecule has 0 bridgehead atoms. The highest BCUT2D eigenvalue weighted by Gasteiger charge is 2.17. The average Bonchev–Trinajstić information content (AvgIpc) is 2.28. The molecule has 0 spiro atoms. The van der Waals surface area contributed by atoms with E-state index in [4.69, 9.17) is 4.74 Å². The number of hydrogen-bond donors (Lipinski definition) is 0. The fraction of sp³-hybridized carbons (Fsp3) is 0.200. The topological polar surface area (TPSA) is 9.23 Å². The summed E-state index contributed by atoms with van der Waals surface area (Å²) in [5, 5.41) is 0. The second-order valence-electron chi connectivity index (χ2n) is 4.45. The molecular formula is C15H14O. The van der Waals surface area contributed by atoms with E-state index in [0.29, 0.717) is 0 Å². The molecule has 16 heavy (non-hydrogen) atoms. The lowest BCUT2D eigenvalue weighted by atomic mass is 9.97. The highest BCUT2D eigenvalue weighted by atomic mass is 16.5. The van der Waals surface area contributed by atoms with Crippen molar-refractivity contribution in [1.82, 2.24) is 0 Å². The van der Waals surface area contributed by atoms with E-state index in [-0.39, 0.29) is 0 Å². The zero-order valence-electron chi connectivity index (χ0n) is 9.58. The molecule has 0 saturated heterocycles. The Morgan fingerprint density at radius 3 is 2.75 bits per heavy atom. The van der Waals surface area contributed by atoms with E-state index >= 15 is 0 Å². The van der Waals surface area contributed by atoms with E-state index in [1.54, 1.807) is 0 Å². The summed E-state index contributed by atoms with van der Waals surface area (Å²) in [7, 11) is 0. The van der Waals surface area contributed by atoms with Crippen molar-refractivity contribution >= 4 is 0 Å². The van der Waals surface area contributed by atoms with Crippen LogP contribution in [0.2, 0.25) is 0 Å². The van der Waals surface area contributed by atoms with Crippen molar-refractivity contribution in [3.8, 4) is 11.5 Å². The van der Waals surface area contributed by atoms with Crippen molar-refractivity contribution in [3.63, 3.8) is 0 Å². The van der Waals surface area contributed by atoms with Gasteiger partial charge in [0, 0.05) is 6.42 Å². The quantitative estimate of drug-likeness (QED) is 0.545. The van der Waals surface area contributed by atoms with E-state index in [1.807, 2.05) is 0 Å². The molecule has 0 aromatic heterocycles. The van der Waals surface area contributed by atoms with Crippen molar-refractivity contribution in [1.29, 1.82) is 0 Å². The Labute approximate surface area is 95.7 Å². The molecule has 1 aliphatic rings. The first-order valence-electron chi connectivity index (χ1n) is 5.60. The van der Waals surface area contributed by atoms with Crippen LogP contribution in [0.25, 0.3) is 0 Å². The molecule has 3 rings (SSSR count). The molecule has 0 amide bonds. The Balaban J connectivity index is 2.13. The summed E-state index contributed by atoms with van der Waals surface area (Å²) in [6.07, 6.45) is 0.979. The Morgan fingerprint density at radius 1 is 1.00 bits per heavy atom. The van der Waals surface area contributed by atoms with Gasteiger partial charge < -0.3 is 4.74 Å². The number of aryl methyl sites for hydroxylation is 2. The minimum atomic E-state index is 0.979. The summed E-state index contributed by atoms with van der Waals surface area (Å²) in [6, 6.07) is 12.8. The lowest BCUT2D eigenvalue weighted by Gasteiger charge is -2.22. The monoisotopic (exact) mass is 210 g/mol. The van der Waals surface area contributed by atoms with Gasteiger partial charge in [-0.25, -0.2) is 0 Å². The van der Waals surface area contributed by atoms with Gasteiger partial charge in [0.1, 0.15) is 11.5 Å². The van der Waals surface area contributed by atoms with Gasteiger partial charge in [0.25, 0.3) is 0 Å². The number of para-hydroxylation sites is 1. The maximum Gasteiger partial charge on any atom is 0.133 e. The van der Waals surface area contributed by atoms with Crippen molar-refractivity contribution in [3.05, 3.63) is 58.7 Å². The first-order chi connectivity index (χ1) is 7.74. The number of ether oxygens (including phenoxy) is 1. The molecule has 1 heteroatoms. The van der Waals surface area contributed by atoms with Crippen LogP contribution in [0.5, 0.6) is 11.5 Å². The molecule has 0 aliphatic carbocycles. The van der Waals surface area contributed by atoms with E-state index < -0.39 is 0 Å². The van der Waals surface area contributed by atoms with Crippen molar-refractivity contribution < 1.29 is 4.74 Å². The summed E-state index contributed by atoms with van der Waals surface area (Å²) < 4.78 is 5.99. The predicted molar refractivity (Wildman–Crippen MR) is 65.2 cm³/mol. The molecule has 1 aliphatic heterocycles. The SMILES string of the molecule is Cc1ccc2c(c1)Oc1c(C)cccc1C2. The second kappa shape index (κ2) is 3.38. The van der Waals surface area contributed by atoms with Gasteiger partial charge in [-0.2, -0.15) is 0 Å². The lowest BCUT2D eigenvalue weighted by molar-refractivity contribution is 0.456. The number of hydrogen-bond acceptors (Lipinski definition) is 1. The van der Waals surface area contributed by atoms with Crippen LogP contribution < -0.4 is 4.74 Å². The summed E-state index contributed by atoms with van der Waals surface area (Å²) in [4.78, 5) is 0. The van der Waals surface area contributed by atoms with Gasteiger partial charge in [0.2, 0.25) is 0 Å². The normalized spacial score (nSPS) is 12.6. The standard InChI is InChI=1S/C15H14O/c1-10-6-7-12-9-13-5-3-4-11(2)15(13)16-14(12)8-10/h3-8H,9H2,1-2H3. The van der Waals surface area contributed by atoms with Gasteiger partial charge in [0.05, 0.1) is 0 Å². The molecule has 0 unspecified atom stereocenters. The third kappa shape index (κ3) is 1.40. The molecule has 0 atom stereocenters. The fourth-order valence-corrected chi connectivity index (χ4v) is 2.22. The Morgan fingerprint density at radius 2 is 1.88 bits per heavy atom. The summed E-state index contributed by atoms with van der Waals surface area (Å²) in [6.45, 7) is 4.19. The van der Waals surface area contributed by atoms with Crippen molar-refractivity contribution in [2.24, 2.45) is 0 Å². The minimum Gasteiger partial charge on any atom is -0.456 e. The number of rotatable bonds is 0. The van der Waals surface area contributed by atoms with Crippen LogP contribution in [0.15, 0.2) is 36.4 Å². The molecular weight excluding hydrogens is 196 g/mol. The van der Waals surface area contributed by atoms with Crippen LogP contribution in [0, 0.1) is 13.8 Å². The van der Waals surface area contributed by atoms with Crippen molar-refractivity contribution in [2.75, 3.05) is 0 Å². The third-order valence-corrected chi connectivity index (χ3v) is 3.11. The Hall–Kier alpha value is -1.76. The Kier molecular flexibility index (Phi) is 2.00. The minimum absolute atomic E-state index is 0.979. The number of benzene rings is 2. The molecule has 2 aromatic carbocycles. The summed E-state index contributed by atoms with van der Waals surface area (Å²) >= 11 is 0. The van der Waals surface area contributed by atoms with E-state index in [0.717, 1.165) is 17.9 Å². The second-order valence-corrected chi connectivity index (χ2v) is 4.45. The lowest BCUT2D eigenvalue weighted by Crippen LogP contribution is -2.04. The maximum absolute atomic E-state index is 5.99. The van der Waals surface area contributed by atoms with Crippen LogP contribution in [0.1, 0.15) is 22.3 Å². The van der Waals surface area contributed by atoms with E-state index in [9.17, 15) is 0 Å². The highest BCUT2D eigenvalue weighted by Crippen LogP contribution is 2.38. The van der Waals surface area contributed by atoms with Crippen LogP contribution in [0.4, 0.5) is 0 Å². The first kappa shape index (κ1) is 9.46. The van der Waals surface area contributed by atoms with E-state index in [2.05, 4.69) is 50.2 Å². The molecule has 0 N–H and O–H groups in total. The maximum atomic E-state index is 5.99. The molecule has 1 heterocycles. The molecule has 0 saturated carbocycles. The smallest absolute Gasteiger partial charge is 0.133 e. The first-order valence-corrected chi connectivity index (χ1v) is 5.60. The fourth-order valence-electron chi connectivity index (χ4n) is 2.22. The molecule has 80 valence electrons. The average molecular weight is 210 g/mol. The number of fused-ring (bicyclic) bond motifs is 2. The van der Waals surface area contributed by atoms with Crippen molar-refractivity contribution in [2.45, 2.75) is 20.3 Å². The van der Waals surface area contributed by atoms with Gasteiger partial charge in [-0.05, 0) is 42.2 Å². The van der Waals surface area contributed by atoms with Gasteiger partial charge >= 0.3 is 0 Å². The van der Waals surface area contributed by atoms with E-state index in [1.165, 1.54) is 22.3 Å². The largest absolute Gasteiger partial charge is 0.456 e. The highest BCUT2D eigenvalue weighted by molar-refractivity contribution is 5.53. The van der Waals surface area contributed by atoms with Gasteiger partial charge in [-0.15, -0.1) is 0 Å². The van der Waals surface area contributed by atoms with Gasteiger partial charge in [0.15, 0.2) is 0 Å².